The monoisotopic (exact) mass is 2030 g/mol. The highest BCUT2D eigenvalue weighted by atomic mass is 32.2. The average Bonchev–Trinajstić information content (AvgIpc) is 1.56. The van der Waals surface area contributed by atoms with Crippen molar-refractivity contribution in [2.24, 2.45) is 21.8 Å². The SMILES string of the molecule is CCCCCCCCSC1=NC(=O)/C(=C/c2cc(CCCCCCCC)c(-c3ccc(-c4sc(-c5nc6c(-c7ccc(CC(CC)CCCC)s7)c7sc(-c8cc(CCCCCCCC)c(-c9ccc(-c%10sc(/C=C%11\SC(SCCCCCCCC)=NC%11=O)cc%10CCCCCCCC)s9)s8)nc7c(-c7ccc(CC(CC)CCCC)s7)c6s5)cc4CCCCCCCC)s3)s2)S1. The lowest BCUT2D eigenvalue weighted by Gasteiger charge is -2.13. The van der Waals surface area contributed by atoms with Crippen LogP contribution in [0.5, 0.6) is 0 Å². The zero-order valence-electron chi connectivity index (χ0n) is 81.3. The molecule has 6 nitrogen and oxygen atoms in total. The predicted molar refractivity (Wildman–Crippen MR) is 609 cm³/mol. The van der Waals surface area contributed by atoms with Crippen molar-refractivity contribution in [3.8, 4) is 79.7 Å². The van der Waals surface area contributed by atoms with E-state index in [-0.39, 0.29) is 11.8 Å². The Morgan fingerprint density at radius 2 is 0.606 bits per heavy atom. The minimum atomic E-state index is -0.0874. The van der Waals surface area contributed by atoms with Gasteiger partial charge in [0.05, 0.1) is 40.0 Å². The zero-order chi connectivity index (χ0) is 92.2. The van der Waals surface area contributed by atoms with E-state index in [0.717, 1.165) is 99.4 Å². The third-order valence-electron chi connectivity index (χ3n) is 26.3. The zero-order valence-corrected chi connectivity index (χ0v) is 92.8. The van der Waals surface area contributed by atoms with Crippen LogP contribution in [0.2, 0.25) is 0 Å². The Kier molecular flexibility index (Phi) is 45.7. The third-order valence-corrected chi connectivity index (χ3v) is 42.9. The number of hydrogen-bond donors (Lipinski definition) is 0. The second-order valence-electron chi connectivity index (χ2n) is 37.1. The summed E-state index contributed by atoms with van der Waals surface area (Å²) in [6, 6.07) is 29.6. The van der Waals surface area contributed by atoms with Gasteiger partial charge in [-0.05, 0) is 196 Å². The molecule has 2 aliphatic rings. The molecule has 0 saturated heterocycles. The van der Waals surface area contributed by atoms with Gasteiger partial charge in [0.1, 0.15) is 18.8 Å². The van der Waals surface area contributed by atoms with E-state index < -0.39 is 0 Å². The van der Waals surface area contributed by atoms with Gasteiger partial charge < -0.3 is 0 Å². The van der Waals surface area contributed by atoms with Gasteiger partial charge in [0.2, 0.25) is 0 Å². The molecule has 0 spiro atoms. The van der Waals surface area contributed by atoms with Gasteiger partial charge in [0, 0.05) is 90.9 Å². The molecule has 132 heavy (non-hydrogen) atoms. The summed E-state index contributed by atoms with van der Waals surface area (Å²) in [7, 11) is 0. The molecule has 0 radical (unpaired) electrons. The number of hydrogen-bond acceptors (Lipinski definition) is 18. The highest BCUT2D eigenvalue weighted by molar-refractivity contribution is 8.41. The summed E-state index contributed by atoms with van der Waals surface area (Å²) in [4.78, 5) is 71.7. The van der Waals surface area contributed by atoms with Gasteiger partial charge in [-0.3, -0.25) is 9.59 Å². The van der Waals surface area contributed by atoms with Gasteiger partial charge in [-0.1, -0.05) is 360 Å². The van der Waals surface area contributed by atoms with Crippen LogP contribution in [-0.4, -0.2) is 42.0 Å². The largest absolute Gasteiger partial charge is 0.285 e. The van der Waals surface area contributed by atoms with Gasteiger partial charge in [-0.15, -0.1) is 113 Å². The van der Waals surface area contributed by atoms with Crippen LogP contribution in [-0.2, 0) is 48.1 Å². The van der Waals surface area contributed by atoms with E-state index in [9.17, 15) is 9.59 Å². The van der Waals surface area contributed by atoms with Crippen molar-refractivity contribution in [1.82, 2.24) is 9.97 Å². The number of carbonyl (C=O) groups excluding carboxylic acids is 2. The van der Waals surface area contributed by atoms with Crippen LogP contribution in [0.3, 0.4) is 0 Å². The van der Waals surface area contributed by atoms with Gasteiger partial charge in [0.25, 0.3) is 11.8 Å². The summed E-state index contributed by atoms with van der Waals surface area (Å²) >= 11 is 26.2. The van der Waals surface area contributed by atoms with Gasteiger partial charge in [-0.25, -0.2) is 9.97 Å². The van der Waals surface area contributed by atoms with Crippen LogP contribution in [0.4, 0.5) is 0 Å². The summed E-state index contributed by atoms with van der Waals surface area (Å²) in [6.45, 7) is 23.3. The first-order valence-electron chi connectivity index (χ1n) is 51.8. The lowest BCUT2D eigenvalue weighted by molar-refractivity contribution is -0.114. The van der Waals surface area contributed by atoms with E-state index in [1.165, 1.54) is 394 Å². The standard InChI is InChI=1S/C112H150N4O2S14/c1-11-21-29-35-41-47-55-79-71-85(75-93-107(117)115-111(129-93)119-67-51-45-39-33-25-15-5)123-101(79)89-63-65-91(125-89)103-81(57-49-43-37-31-23-13-3)73-95(127-103)109-113-99-97(87-61-59-83(121-87)69-77(19-9)53-27-17-7)106-100(98(105(99)131-109)88-62-60-84(122-88)70-78(20-10)54-28-18-8)114-110(132-106)96-74-82(58-50-44-38-32-24-14-4)104(128-96)92-66-64-90(126-92)102-80(56-48-42-36-30-22-12-2)72-86(124-102)76-94-108(118)116-112(130-94)120-68-52-46-40-34-26-16-6/h59-66,71-78H,11-58,67-70H2,1-10H3/b93-75-,94-76-. The fourth-order valence-corrected chi connectivity index (χ4v) is 34.8. The number of thioether (sulfide) groups is 4. The number of rotatable bonds is 64. The number of amides is 2. The minimum absolute atomic E-state index is 0.0874. The molecule has 0 bridgehead atoms. The molecule has 714 valence electrons. The maximum absolute atomic E-state index is 13.7. The number of aromatic nitrogens is 2. The smallest absolute Gasteiger partial charge is 0.266 e. The second kappa shape index (κ2) is 57.2. The highest BCUT2D eigenvalue weighted by Crippen LogP contribution is 2.57. The summed E-state index contributed by atoms with van der Waals surface area (Å²) < 4.78 is 4.33. The van der Waals surface area contributed by atoms with Gasteiger partial charge >= 0.3 is 0 Å². The second-order valence-corrected chi connectivity index (χ2v) is 52.6. The molecule has 0 fully saturated rings. The Morgan fingerprint density at radius 3 is 0.939 bits per heavy atom. The molecule has 1 aromatic carbocycles. The van der Waals surface area contributed by atoms with E-state index in [1.54, 1.807) is 47.0 Å². The fraction of sp³-hybridized carbons (Fsp3) is 0.571. The molecule has 0 aliphatic carbocycles. The molecule has 0 saturated carbocycles. The maximum atomic E-state index is 13.7. The summed E-state index contributed by atoms with van der Waals surface area (Å²) in [6.07, 6.45) is 65.9. The normalized spacial score (nSPS) is 14.3. The molecule has 2 amide bonds. The molecule has 11 aromatic rings. The topological polar surface area (TPSA) is 84.6 Å². The van der Waals surface area contributed by atoms with E-state index >= 15 is 0 Å². The van der Waals surface area contributed by atoms with Crippen molar-refractivity contribution in [2.75, 3.05) is 11.5 Å². The van der Waals surface area contributed by atoms with Gasteiger partial charge in [-0.2, -0.15) is 9.98 Å². The first-order chi connectivity index (χ1) is 64.8. The van der Waals surface area contributed by atoms with Crippen LogP contribution >= 0.6 is 160 Å². The van der Waals surface area contributed by atoms with E-state index in [0.29, 0.717) is 11.8 Å². The molecule has 2 aliphatic heterocycles. The van der Waals surface area contributed by atoms with Crippen LogP contribution in [0, 0.1) is 11.8 Å². The molecular weight excluding hydrogens is 1880 g/mol. The Morgan fingerprint density at radius 1 is 0.303 bits per heavy atom. The molecule has 0 N–H and O–H groups in total. The van der Waals surface area contributed by atoms with Crippen molar-refractivity contribution in [1.29, 1.82) is 0 Å². The molecule has 2 unspecified atom stereocenters. The Balaban J connectivity index is 0.910. The Hall–Kier alpha value is -3.84. The fourth-order valence-electron chi connectivity index (χ4n) is 18.4. The number of benzene rings is 1. The molecule has 12 heterocycles. The first kappa shape index (κ1) is 105. The summed E-state index contributed by atoms with van der Waals surface area (Å²) in [5, 5.41) is 2.22. The summed E-state index contributed by atoms with van der Waals surface area (Å²) in [5.41, 5.74) is 10.5. The molecule has 13 rings (SSSR count). The van der Waals surface area contributed by atoms with E-state index in [1.807, 2.05) is 113 Å². The predicted octanol–water partition coefficient (Wildman–Crippen LogP) is 42.0. The van der Waals surface area contributed by atoms with Crippen LogP contribution in [0.15, 0.2) is 92.6 Å². The number of nitrogens with zero attached hydrogens (tertiary/aromatic N) is 4. The number of thiophene rings is 8. The number of thiazole rings is 2. The third kappa shape index (κ3) is 30.6. The molecule has 10 aromatic heterocycles. The first-order valence-corrected chi connectivity index (χ1v) is 63.6. The van der Waals surface area contributed by atoms with Gasteiger partial charge in [0.15, 0.2) is 0 Å². The van der Waals surface area contributed by atoms with E-state index in [2.05, 4.69) is 164 Å². The lowest BCUT2D eigenvalue weighted by Crippen LogP contribution is -2.01. The molecule has 2 atom stereocenters. The van der Waals surface area contributed by atoms with Crippen LogP contribution in [0.1, 0.15) is 394 Å². The quantitative estimate of drug-likeness (QED) is 0.0275. The minimum Gasteiger partial charge on any atom is -0.266 e. The summed E-state index contributed by atoms with van der Waals surface area (Å²) in [5.74, 6) is 3.16. The maximum Gasteiger partial charge on any atom is 0.285 e. The number of carbonyl (C=O) groups is 2. The van der Waals surface area contributed by atoms with Crippen molar-refractivity contribution in [2.45, 2.75) is 390 Å². The molecular formula is C112H150N4O2S14. The highest BCUT2D eigenvalue weighted by Gasteiger charge is 2.32. The Bertz CT molecular complexity index is 5100. The van der Waals surface area contributed by atoms with E-state index in [4.69, 9.17) is 9.97 Å². The molecule has 20 heteroatoms. The average molecular weight is 2030 g/mol. The Labute approximate surface area is 852 Å². The number of aliphatic imine (C=N–C) groups is 2. The number of aryl methyl sites for hydroxylation is 4. The van der Waals surface area contributed by atoms with Crippen molar-refractivity contribution < 1.29 is 9.59 Å². The van der Waals surface area contributed by atoms with Crippen molar-refractivity contribution >= 4 is 214 Å². The van der Waals surface area contributed by atoms with Crippen molar-refractivity contribution in [3.63, 3.8) is 0 Å². The lowest BCUT2D eigenvalue weighted by atomic mass is 9.95. The van der Waals surface area contributed by atoms with Crippen molar-refractivity contribution in [3.05, 3.63) is 124 Å². The number of unbranched alkanes of at least 4 members (excludes halogenated alkanes) is 32. The van der Waals surface area contributed by atoms with Crippen LogP contribution < -0.4 is 0 Å². The van der Waals surface area contributed by atoms with Crippen LogP contribution in [0.25, 0.3) is 112 Å². The number of fused-ring (bicyclic) bond motifs is 2.